The Kier molecular flexibility index (Phi) is 2.39. The first-order valence-electron chi connectivity index (χ1n) is 6.01. The summed E-state index contributed by atoms with van der Waals surface area (Å²) in [6.07, 6.45) is 1.35. The third-order valence-electron chi connectivity index (χ3n) is 3.49. The molecular weight excluding hydrogens is 214 g/mol. The minimum Gasteiger partial charge on any atom is -0.462 e. The van der Waals surface area contributed by atoms with Crippen molar-refractivity contribution in [2.45, 2.75) is 31.8 Å². The molecule has 2 aromatic rings. The summed E-state index contributed by atoms with van der Waals surface area (Å²) >= 11 is 0. The smallest absolute Gasteiger partial charge is 0.306 e. The molecule has 17 heavy (non-hydrogen) atoms. The lowest BCUT2D eigenvalue weighted by molar-refractivity contribution is -0.154. The number of ether oxygens (including phenoxy) is 1. The van der Waals surface area contributed by atoms with Gasteiger partial charge in [0.1, 0.15) is 6.10 Å². The number of rotatable bonds is 1. The van der Waals surface area contributed by atoms with Crippen molar-refractivity contribution in [1.82, 2.24) is 4.98 Å². The molecule has 0 spiro atoms. The van der Waals surface area contributed by atoms with E-state index in [9.17, 15) is 4.79 Å². The molecule has 0 amide bonds. The maximum absolute atomic E-state index is 11.2. The SMILES string of the molecule is C[C@@H]1OC(=O)CC[C@H]1c1cc2ccccc2[nH]1. The minimum atomic E-state index is -0.0788. The fourth-order valence-electron chi connectivity index (χ4n) is 2.56. The Labute approximate surface area is 99.8 Å². The molecule has 3 rings (SSSR count). The van der Waals surface area contributed by atoms with E-state index in [1.165, 1.54) is 11.1 Å². The topological polar surface area (TPSA) is 42.1 Å². The summed E-state index contributed by atoms with van der Waals surface area (Å²) < 4.78 is 5.29. The van der Waals surface area contributed by atoms with Crippen LogP contribution in [0.4, 0.5) is 0 Å². The van der Waals surface area contributed by atoms with Crippen LogP contribution in [0, 0.1) is 0 Å². The van der Waals surface area contributed by atoms with E-state index in [2.05, 4.69) is 23.2 Å². The fourth-order valence-corrected chi connectivity index (χ4v) is 2.56. The second-order valence-electron chi connectivity index (χ2n) is 4.65. The first-order chi connectivity index (χ1) is 8.24. The number of carbonyl (C=O) groups excluding carboxylic acids is 1. The number of benzene rings is 1. The predicted molar refractivity (Wildman–Crippen MR) is 65.8 cm³/mol. The number of para-hydroxylation sites is 1. The molecule has 3 nitrogen and oxygen atoms in total. The molecule has 1 saturated heterocycles. The van der Waals surface area contributed by atoms with Crippen molar-refractivity contribution in [2.24, 2.45) is 0 Å². The third-order valence-corrected chi connectivity index (χ3v) is 3.49. The highest BCUT2D eigenvalue weighted by Gasteiger charge is 2.29. The number of hydrogen-bond donors (Lipinski definition) is 1. The average molecular weight is 229 g/mol. The summed E-state index contributed by atoms with van der Waals surface area (Å²) in [5.41, 5.74) is 2.32. The van der Waals surface area contributed by atoms with Crippen molar-refractivity contribution in [3.05, 3.63) is 36.0 Å². The van der Waals surface area contributed by atoms with Crippen LogP contribution < -0.4 is 0 Å². The lowest BCUT2D eigenvalue weighted by Crippen LogP contribution is -2.28. The standard InChI is InChI=1S/C14H15NO2/c1-9-11(6-7-14(16)17-9)13-8-10-4-2-3-5-12(10)15-13/h2-5,8-9,11,15H,6-7H2,1H3/t9-,11+/m0/s1. The van der Waals surface area contributed by atoms with Gasteiger partial charge in [0, 0.05) is 23.5 Å². The Morgan fingerprint density at radius 3 is 2.94 bits per heavy atom. The van der Waals surface area contributed by atoms with Gasteiger partial charge in [-0.15, -0.1) is 0 Å². The van der Waals surface area contributed by atoms with Gasteiger partial charge in [0.15, 0.2) is 0 Å². The molecule has 1 aliphatic rings. The lowest BCUT2D eigenvalue weighted by atomic mass is 9.92. The van der Waals surface area contributed by atoms with Gasteiger partial charge in [0.2, 0.25) is 0 Å². The summed E-state index contributed by atoms with van der Waals surface area (Å²) in [6, 6.07) is 10.4. The van der Waals surface area contributed by atoms with Gasteiger partial charge in [0.25, 0.3) is 0 Å². The van der Waals surface area contributed by atoms with E-state index in [4.69, 9.17) is 4.74 Å². The van der Waals surface area contributed by atoms with Crippen LogP contribution in [0.15, 0.2) is 30.3 Å². The predicted octanol–water partition coefficient (Wildman–Crippen LogP) is 2.98. The summed E-state index contributed by atoms with van der Waals surface area (Å²) in [4.78, 5) is 14.6. The second-order valence-corrected chi connectivity index (χ2v) is 4.65. The average Bonchev–Trinajstić information content (AvgIpc) is 2.72. The molecule has 88 valence electrons. The van der Waals surface area contributed by atoms with Crippen LogP contribution in [0.1, 0.15) is 31.4 Å². The maximum atomic E-state index is 11.2. The normalized spacial score (nSPS) is 24.9. The molecule has 2 heterocycles. The van der Waals surface area contributed by atoms with Gasteiger partial charge in [-0.3, -0.25) is 4.79 Å². The first-order valence-corrected chi connectivity index (χ1v) is 6.01. The van der Waals surface area contributed by atoms with Crippen LogP contribution in [0.3, 0.4) is 0 Å². The summed E-state index contributed by atoms with van der Waals surface area (Å²) in [5.74, 6) is 0.213. The number of nitrogens with one attached hydrogen (secondary N) is 1. The number of aromatic amines is 1. The zero-order valence-corrected chi connectivity index (χ0v) is 9.77. The highest BCUT2D eigenvalue weighted by atomic mass is 16.5. The van der Waals surface area contributed by atoms with Crippen LogP contribution in [-0.2, 0) is 9.53 Å². The Hall–Kier alpha value is -1.77. The zero-order valence-electron chi connectivity index (χ0n) is 9.77. The molecule has 1 aromatic heterocycles. The summed E-state index contributed by atoms with van der Waals surface area (Å²) in [6.45, 7) is 1.97. The fraction of sp³-hybridized carbons (Fsp3) is 0.357. The zero-order chi connectivity index (χ0) is 11.8. The number of cyclic esters (lactones) is 1. The second kappa shape index (κ2) is 3.91. The Balaban J connectivity index is 1.95. The quantitative estimate of drug-likeness (QED) is 0.764. The molecule has 1 N–H and O–H groups in total. The molecule has 0 saturated carbocycles. The molecule has 2 atom stereocenters. The van der Waals surface area contributed by atoms with E-state index in [-0.39, 0.29) is 12.1 Å². The largest absolute Gasteiger partial charge is 0.462 e. The number of hydrogen-bond acceptors (Lipinski definition) is 2. The van der Waals surface area contributed by atoms with E-state index in [0.29, 0.717) is 12.3 Å². The molecular formula is C14H15NO2. The van der Waals surface area contributed by atoms with E-state index < -0.39 is 0 Å². The van der Waals surface area contributed by atoms with E-state index in [0.717, 1.165) is 11.9 Å². The van der Waals surface area contributed by atoms with E-state index in [1.807, 2.05) is 19.1 Å². The van der Waals surface area contributed by atoms with Crippen LogP contribution in [0.25, 0.3) is 10.9 Å². The lowest BCUT2D eigenvalue weighted by Gasteiger charge is -2.27. The Morgan fingerprint density at radius 2 is 2.18 bits per heavy atom. The van der Waals surface area contributed by atoms with Crippen LogP contribution in [-0.4, -0.2) is 17.1 Å². The molecule has 0 bridgehead atoms. The number of carbonyl (C=O) groups is 1. The number of H-pyrrole nitrogens is 1. The molecule has 3 heteroatoms. The Morgan fingerprint density at radius 1 is 1.35 bits per heavy atom. The molecule has 1 fully saturated rings. The van der Waals surface area contributed by atoms with Crippen molar-refractivity contribution in [3.8, 4) is 0 Å². The van der Waals surface area contributed by atoms with Gasteiger partial charge >= 0.3 is 5.97 Å². The maximum Gasteiger partial charge on any atom is 0.306 e. The number of fused-ring (bicyclic) bond motifs is 1. The van der Waals surface area contributed by atoms with Crippen LogP contribution in [0.5, 0.6) is 0 Å². The monoisotopic (exact) mass is 229 g/mol. The van der Waals surface area contributed by atoms with Crippen molar-refractivity contribution < 1.29 is 9.53 Å². The van der Waals surface area contributed by atoms with Gasteiger partial charge in [-0.1, -0.05) is 18.2 Å². The van der Waals surface area contributed by atoms with Gasteiger partial charge in [-0.25, -0.2) is 0 Å². The van der Waals surface area contributed by atoms with Crippen LogP contribution >= 0.6 is 0 Å². The first kappa shape index (κ1) is 10.4. The van der Waals surface area contributed by atoms with E-state index in [1.54, 1.807) is 0 Å². The van der Waals surface area contributed by atoms with Crippen LogP contribution in [0.2, 0.25) is 0 Å². The summed E-state index contributed by atoms with van der Waals surface area (Å²) in [5, 5.41) is 1.21. The van der Waals surface area contributed by atoms with Gasteiger partial charge in [-0.05, 0) is 30.9 Å². The summed E-state index contributed by atoms with van der Waals surface area (Å²) in [7, 11) is 0. The van der Waals surface area contributed by atoms with E-state index >= 15 is 0 Å². The van der Waals surface area contributed by atoms with Gasteiger partial charge in [-0.2, -0.15) is 0 Å². The van der Waals surface area contributed by atoms with Crippen molar-refractivity contribution >= 4 is 16.9 Å². The number of esters is 1. The highest BCUT2D eigenvalue weighted by Crippen LogP contribution is 2.32. The molecule has 0 aliphatic carbocycles. The molecule has 1 aliphatic heterocycles. The molecule has 0 unspecified atom stereocenters. The van der Waals surface area contributed by atoms with Crippen molar-refractivity contribution in [3.63, 3.8) is 0 Å². The van der Waals surface area contributed by atoms with Gasteiger partial charge in [0.05, 0.1) is 0 Å². The third kappa shape index (κ3) is 1.82. The molecule has 1 aromatic carbocycles. The Bertz CT molecular complexity index is 525. The van der Waals surface area contributed by atoms with Gasteiger partial charge < -0.3 is 9.72 Å². The number of aromatic nitrogens is 1. The highest BCUT2D eigenvalue weighted by molar-refractivity contribution is 5.80. The minimum absolute atomic E-state index is 0.0377. The van der Waals surface area contributed by atoms with Crippen molar-refractivity contribution in [2.75, 3.05) is 0 Å². The molecule has 0 radical (unpaired) electrons. The van der Waals surface area contributed by atoms with Crippen molar-refractivity contribution in [1.29, 1.82) is 0 Å².